The first-order valence-electron chi connectivity index (χ1n) is 3.96. The van der Waals surface area contributed by atoms with Crippen molar-refractivity contribution in [3.63, 3.8) is 0 Å². The van der Waals surface area contributed by atoms with Gasteiger partial charge in [0.05, 0.1) is 10.9 Å². The Balaban J connectivity index is 2.22. The van der Waals surface area contributed by atoms with Crippen LogP contribution in [0.1, 0.15) is 23.2 Å². The van der Waals surface area contributed by atoms with Crippen LogP contribution in [0.15, 0.2) is 23.7 Å². The van der Waals surface area contributed by atoms with Gasteiger partial charge in [-0.25, -0.2) is 9.97 Å². The van der Waals surface area contributed by atoms with Crippen LogP contribution in [0.3, 0.4) is 0 Å². The Morgan fingerprint density at radius 3 is 3.17 bits per heavy atom. The molecule has 0 amide bonds. The van der Waals surface area contributed by atoms with Crippen LogP contribution in [0, 0.1) is 6.92 Å². The first-order valence-corrected chi connectivity index (χ1v) is 4.90. The molecule has 0 saturated carbocycles. The first kappa shape index (κ1) is 7.80. The molecule has 1 unspecified atom stereocenters. The Kier molecular flexibility index (Phi) is 2.13. The van der Waals surface area contributed by atoms with Crippen molar-refractivity contribution in [2.45, 2.75) is 18.6 Å². The second-order valence-corrected chi connectivity index (χ2v) is 3.87. The van der Waals surface area contributed by atoms with E-state index < -0.39 is 0 Å². The molecule has 3 heteroatoms. The molecule has 0 aliphatic carbocycles. The first-order chi connectivity index (χ1) is 5.86. The lowest BCUT2D eigenvalue weighted by molar-refractivity contribution is 0.891. The second-order valence-electron chi connectivity index (χ2n) is 2.76. The fourth-order valence-corrected chi connectivity index (χ4v) is 2.13. The van der Waals surface area contributed by atoms with Gasteiger partial charge >= 0.3 is 0 Å². The molecular weight excluding hydrogens is 168 g/mol. The summed E-state index contributed by atoms with van der Waals surface area (Å²) in [4.78, 5) is 8.45. The minimum absolute atomic E-state index is 0.520. The molecule has 0 aromatic carbocycles. The highest BCUT2D eigenvalue weighted by atomic mass is 32.2. The van der Waals surface area contributed by atoms with Crippen molar-refractivity contribution in [2.24, 2.45) is 0 Å². The number of allylic oxidation sites excluding steroid dienone is 1. The van der Waals surface area contributed by atoms with E-state index in [9.17, 15) is 0 Å². The van der Waals surface area contributed by atoms with Gasteiger partial charge < -0.3 is 0 Å². The zero-order chi connectivity index (χ0) is 8.39. The van der Waals surface area contributed by atoms with Crippen LogP contribution in [0.2, 0.25) is 0 Å². The predicted molar refractivity (Wildman–Crippen MR) is 50.9 cm³/mol. The fourth-order valence-electron chi connectivity index (χ4n) is 1.23. The summed E-state index contributed by atoms with van der Waals surface area (Å²) in [7, 11) is 0. The van der Waals surface area contributed by atoms with Crippen LogP contribution in [0.4, 0.5) is 0 Å². The van der Waals surface area contributed by atoms with Gasteiger partial charge in [0.2, 0.25) is 0 Å². The van der Waals surface area contributed by atoms with Crippen LogP contribution < -0.4 is 0 Å². The van der Waals surface area contributed by atoms with Crippen LogP contribution in [0.25, 0.3) is 0 Å². The predicted octanol–water partition coefficient (Wildman–Crippen LogP) is 2.48. The second kappa shape index (κ2) is 3.27. The third-order valence-electron chi connectivity index (χ3n) is 1.82. The summed E-state index contributed by atoms with van der Waals surface area (Å²) in [5.41, 5.74) is 1.15. The lowest BCUT2D eigenvalue weighted by Crippen LogP contribution is -1.96. The van der Waals surface area contributed by atoms with Crippen molar-refractivity contribution in [1.29, 1.82) is 0 Å². The molecule has 2 rings (SSSR count). The molecule has 12 heavy (non-hydrogen) atoms. The molecule has 1 aromatic heterocycles. The lowest BCUT2D eigenvalue weighted by Gasteiger charge is -2.06. The largest absolute Gasteiger partial charge is 0.242 e. The number of thioether (sulfide) groups is 1. The molecule has 0 spiro atoms. The molecule has 0 N–H and O–H groups in total. The van der Waals surface area contributed by atoms with Gasteiger partial charge in [0.25, 0.3) is 0 Å². The summed E-state index contributed by atoms with van der Waals surface area (Å²) in [6, 6.07) is 2.00. The fraction of sp³-hybridized carbons (Fsp3) is 0.333. The monoisotopic (exact) mass is 178 g/mol. The van der Waals surface area contributed by atoms with E-state index >= 15 is 0 Å². The van der Waals surface area contributed by atoms with E-state index in [-0.39, 0.29) is 0 Å². The van der Waals surface area contributed by atoms with Gasteiger partial charge in [0.15, 0.2) is 0 Å². The summed E-state index contributed by atoms with van der Waals surface area (Å²) in [6.07, 6.45) is 5.12. The summed E-state index contributed by atoms with van der Waals surface area (Å²) < 4.78 is 0. The van der Waals surface area contributed by atoms with Crippen molar-refractivity contribution in [3.05, 3.63) is 35.3 Å². The molecule has 62 valence electrons. The summed E-state index contributed by atoms with van der Waals surface area (Å²) >= 11 is 1.83. The van der Waals surface area contributed by atoms with Crippen molar-refractivity contribution in [3.8, 4) is 0 Å². The maximum absolute atomic E-state index is 4.38. The molecule has 2 nitrogen and oxygen atoms in total. The molecule has 0 saturated heterocycles. The zero-order valence-electron chi connectivity index (χ0n) is 6.90. The van der Waals surface area contributed by atoms with Gasteiger partial charge in [0.1, 0.15) is 5.82 Å². The van der Waals surface area contributed by atoms with Crippen LogP contribution in [-0.2, 0) is 0 Å². The molecular formula is C9H10N2S. The van der Waals surface area contributed by atoms with Gasteiger partial charge in [-0.3, -0.25) is 0 Å². The van der Waals surface area contributed by atoms with E-state index in [0.717, 1.165) is 17.9 Å². The number of hydrogen-bond acceptors (Lipinski definition) is 3. The average Bonchev–Trinajstić information content (AvgIpc) is 2.56. The molecule has 0 bridgehead atoms. The average molecular weight is 178 g/mol. The normalized spacial score (nSPS) is 21.6. The van der Waals surface area contributed by atoms with E-state index in [0.29, 0.717) is 5.25 Å². The molecule has 1 aliphatic rings. The standard InChI is InChI=1S/C9H10N2S/c1-7-10-5-4-8(11-7)9-3-2-6-12-9/h2,4-6,9H,3H2,1H3. The smallest absolute Gasteiger partial charge is 0.125 e. The third-order valence-corrected chi connectivity index (χ3v) is 2.93. The number of hydrogen-bond donors (Lipinski definition) is 0. The van der Waals surface area contributed by atoms with E-state index in [1.54, 1.807) is 0 Å². The van der Waals surface area contributed by atoms with E-state index in [2.05, 4.69) is 21.5 Å². The molecule has 1 atom stereocenters. The molecule has 1 aromatic rings. The molecule has 1 aliphatic heterocycles. The van der Waals surface area contributed by atoms with Crippen LogP contribution in [-0.4, -0.2) is 9.97 Å². The van der Waals surface area contributed by atoms with Crippen molar-refractivity contribution < 1.29 is 0 Å². The quantitative estimate of drug-likeness (QED) is 0.660. The van der Waals surface area contributed by atoms with Crippen LogP contribution >= 0.6 is 11.8 Å². The van der Waals surface area contributed by atoms with Gasteiger partial charge in [-0.2, -0.15) is 0 Å². The number of rotatable bonds is 1. The summed E-state index contributed by atoms with van der Waals surface area (Å²) in [6.45, 7) is 1.93. The SMILES string of the molecule is Cc1nccc(C2CC=CS2)n1. The van der Waals surface area contributed by atoms with Crippen molar-refractivity contribution in [1.82, 2.24) is 9.97 Å². The summed E-state index contributed by atoms with van der Waals surface area (Å²) in [5.74, 6) is 0.861. The Morgan fingerprint density at radius 1 is 1.58 bits per heavy atom. The highest BCUT2D eigenvalue weighted by molar-refractivity contribution is 8.02. The number of nitrogens with zero attached hydrogens (tertiary/aromatic N) is 2. The maximum Gasteiger partial charge on any atom is 0.125 e. The van der Waals surface area contributed by atoms with E-state index in [1.165, 1.54) is 0 Å². The number of aromatic nitrogens is 2. The Labute approximate surface area is 76.1 Å². The minimum Gasteiger partial charge on any atom is -0.242 e. The molecule has 2 heterocycles. The van der Waals surface area contributed by atoms with E-state index in [1.807, 2.05) is 30.9 Å². The van der Waals surface area contributed by atoms with Gasteiger partial charge in [0, 0.05) is 6.20 Å². The van der Waals surface area contributed by atoms with Gasteiger partial charge in [-0.15, -0.1) is 11.8 Å². The summed E-state index contributed by atoms with van der Waals surface area (Å²) in [5, 5.41) is 2.66. The zero-order valence-corrected chi connectivity index (χ0v) is 7.71. The Bertz CT molecular complexity index is 301. The lowest BCUT2D eigenvalue weighted by atomic mass is 10.2. The minimum atomic E-state index is 0.520. The molecule has 0 fully saturated rings. The van der Waals surface area contributed by atoms with Gasteiger partial charge in [-0.05, 0) is 24.8 Å². The maximum atomic E-state index is 4.38. The highest BCUT2D eigenvalue weighted by Crippen LogP contribution is 2.36. The molecule has 0 radical (unpaired) electrons. The van der Waals surface area contributed by atoms with Crippen molar-refractivity contribution >= 4 is 11.8 Å². The topological polar surface area (TPSA) is 25.8 Å². The van der Waals surface area contributed by atoms with Gasteiger partial charge in [-0.1, -0.05) is 6.08 Å². The number of aryl methyl sites for hydroxylation is 1. The Hall–Kier alpha value is -0.830. The third kappa shape index (κ3) is 1.50. The van der Waals surface area contributed by atoms with E-state index in [4.69, 9.17) is 0 Å². The Morgan fingerprint density at radius 2 is 2.50 bits per heavy atom. The van der Waals surface area contributed by atoms with Crippen molar-refractivity contribution in [2.75, 3.05) is 0 Å². The van der Waals surface area contributed by atoms with Crippen LogP contribution in [0.5, 0.6) is 0 Å². The highest BCUT2D eigenvalue weighted by Gasteiger charge is 2.14.